The Bertz CT molecular complexity index is 303. The molecule has 0 saturated heterocycles. The number of benzene rings is 1. The molecule has 3 nitrogen and oxygen atoms in total. The molecular weight excluding hydrogens is 238 g/mol. The minimum absolute atomic E-state index is 0.304. The fourth-order valence-electron chi connectivity index (χ4n) is 1.46. The molecule has 1 unspecified atom stereocenters. The van der Waals surface area contributed by atoms with Crippen LogP contribution in [0.3, 0.4) is 0 Å². The van der Waals surface area contributed by atoms with Crippen molar-refractivity contribution in [3.05, 3.63) is 34.9 Å². The van der Waals surface area contributed by atoms with Gasteiger partial charge in [0, 0.05) is 24.7 Å². The van der Waals surface area contributed by atoms with Gasteiger partial charge in [0.1, 0.15) is 0 Å². The summed E-state index contributed by atoms with van der Waals surface area (Å²) < 4.78 is 10.3. The first-order chi connectivity index (χ1) is 8.24. The van der Waals surface area contributed by atoms with Gasteiger partial charge in [0.2, 0.25) is 0 Å². The van der Waals surface area contributed by atoms with E-state index in [2.05, 4.69) is 12.2 Å². The molecule has 0 fully saturated rings. The van der Waals surface area contributed by atoms with Crippen LogP contribution in [-0.2, 0) is 9.47 Å². The molecule has 0 heterocycles. The van der Waals surface area contributed by atoms with Crippen molar-refractivity contribution in [1.82, 2.24) is 5.32 Å². The second kappa shape index (κ2) is 8.48. The van der Waals surface area contributed by atoms with E-state index in [0.29, 0.717) is 25.9 Å². The van der Waals surface area contributed by atoms with Crippen LogP contribution in [0.25, 0.3) is 0 Å². The van der Waals surface area contributed by atoms with Gasteiger partial charge >= 0.3 is 0 Å². The normalized spacial score (nSPS) is 12.6. The maximum atomic E-state index is 5.84. The Hall–Kier alpha value is -0.610. The van der Waals surface area contributed by atoms with Gasteiger partial charge in [0.15, 0.2) is 0 Å². The van der Waals surface area contributed by atoms with E-state index < -0.39 is 0 Å². The Balaban J connectivity index is 2.16. The molecule has 0 spiro atoms. The second-order valence-corrected chi connectivity index (χ2v) is 4.27. The molecule has 4 heteroatoms. The van der Waals surface area contributed by atoms with Gasteiger partial charge in [-0.2, -0.15) is 0 Å². The second-order valence-electron chi connectivity index (χ2n) is 3.83. The van der Waals surface area contributed by atoms with Gasteiger partial charge in [-0.3, -0.25) is 0 Å². The molecule has 96 valence electrons. The summed E-state index contributed by atoms with van der Waals surface area (Å²) in [5.41, 5.74) is 1.23. The van der Waals surface area contributed by atoms with Crippen LogP contribution in [0.4, 0.5) is 0 Å². The number of nitrogens with one attached hydrogen (secondary N) is 1. The molecule has 0 bridgehead atoms. The van der Waals surface area contributed by atoms with Crippen molar-refractivity contribution in [3.63, 3.8) is 0 Å². The van der Waals surface area contributed by atoms with E-state index >= 15 is 0 Å². The summed E-state index contributed by atoms with van der Waals surface area (Å²) in [4.78, 5) is 0. The number of hydrogen-bond acceptors (Lipinski definition) is 3. The Labute approximate surface area is 108 Å². The molecule has 1 aromatic rings. The lowest BCUT2D eigenvalue weighted by molar-refractivity contribution is 0.0712. The third-order valence-electron chi connectivity index (χ3n) is 2.50. The van der Waals surface area contributed by atoms with Crippen LogP contribution >= 0.6 is 11.6 Å². The highest BCUT2D eigenvalue weighted by Crippen LogP contribution is 2.15. The fraction of sp³-hybridized carbons (Fsp3) is 0.538. The van der Waals surface area contributed by atoms with E-state index in [1.54, 1.807) is 7.11 Å². The van der Waals surface area contributed by atoms with E-state index in [-0.39, 0.29) is 0 Å². The standard InChI is InChI=1S/C13H20ClNO2/c1-11(12-3-5-13(14)6-4-12)15-7-8-17-10-9-16-2/h3-6,11,15H,7-10H2,1-2H3. The predicted molar refractivity (Wildman–Crippen MR) is 70.6 cm³/mol. The summed E-state index contributed by atoms with van der Waals surface area (Å²) in [6.07, 6.45) is 0. The summed E-state index contributed by atoms with van der Waals surface area (Å²) in [6.45, 7) is 4.94. The highest BCUT2D eigenvalue weighted by Gasteiger charge is 2.03. The molecule has 0 radical (unpaired) electrons. The molecule has 1 rings (SSSR count). The Morgan fingerprint density at radius 1 is 1.18 bits per heavy atom. The fourth-order valence-corrected chi connectivity index (χ4v) is 1.59. The van der Waals surface area contributed by atoms with Gasteiger partial charge in [0.05, 0.1) is 19.8 Å². The maximum Gasteiger partial charge on any atom is 0.0700 e. The molecule has 0 aliphatic carbocycles. The first-order valence-electron chi connectivity index (χ1n) is 5.79. The molecule has 1 atom stereocenters. The van der Waals surface area contributed by atoms with Crippen LogP contribution in [0.1, 0.15) is 18.5 Å². The minimum atomic E-state index is 0.304. The molecule has 0 aliphatic rings. The molecule has 0 aliphatic heterocycles. The van der Waals surface area contributed by atoms with Crippen LogP contribution in [0, 0.1) is 0 Å². The van der Waals surface area contributed by atoms with Crippen molar-refractivity contribution in [2.75, 3.05) is 33.5 Å². The van der Waals surface area contributed by atoms with Gasteiger partial charge in [0.25, 0.3) is 0 Å². The topological polar surface area (TPSA) is 30.5 Å². The summed E-state index contributed by atoms with van der Waals surface area (Å²) in [6, 6.07) is 8.18. The van der Waals surface area contributed by atoms with Crippen molar-refractivity contribution in [1.29, 1.82) is 0 Å². The summed E-state index contributed by atoms with van der Waals surface area (Å²) in [7, 11) is 1.67. The molecule has 1 aromatic carbocycles. The SMILES string of the molecule is COCCOCCNC(C)c1ccc(Cl)cc1. The Morgan fingerprint density at radius 3 is 2.53 bits per heavy atom. The van der Waals surface area contributed by atoms with Crippen LogP contribution in [-0.4, -0.2) is 33.5 Å². The minimum Gasteiger partial charge on any atom is -0.382 e. The molecule has 0 aromatic heterocycles. The zero-order valence-electron chi connectivity index (χ0n) is 10.4. The largest absolute Gasteiger partial charge is 0.382 e. The van der Waals surface area contributed by atoms with Crippen LogP contribution in [0.5, 0.6) is 0 Å². The summed E-state index contributed by atoms with van der Waals surface area (Å²) in [5.74, 6) is 0. The summed E-state index contributed by atoms with van der Waals surface area (Å²) >= 11 is 5.84. The van der Waals surface area contributed by atoms with Crippen molar-refractivity contribution in [2.45, 2.75) is 13.0 Å². The third-order valence-corrected chi connectivity index (χ3v) is 2.75. The number of rotatable bonds is 8. The van der Waals surface area contributed by atoms with Crippen molar-refractivity contribution >= 4 is 11.6 Å². The smallest absolute Gasteiger partial charge is 0.0700 e. The molecule has 0 amide bonds. The lowest BCUT2D eigenvalue weighted by atomic mass is 10.1. The van der Waals surface area contributed by atoms with Crippen molar-refractivity contribution in [2.24, 2.45) is 0 Å². The zero-order chi connectivity index (χ0) is 12.5. The molecule has 17 heavy (non-hydrogen) atoms. The quantitative estimate of drug-likeness (QED) is 0.727. The highest BCUT2D eigenvalue weighted by atomic mass is 35.5. The lowest BCUT2D eigenvalue weighted by Crippen LogP contribution is -2.23. The average Bonchev–Trinajstić information content (AvgIpc) is 2.34. The lowest BCUT2D eigenvalue weighted by Gasteiger charge is -2.14. The molecule has 0 saturated carbocycles. The third kappa shape index (κ3) is 6.03. The first-order valence-corrected chi connectivity index (χ1v) is 6.17. The summed E-state index contributed by atoms with van der Waals surface area (Å²) in [5, 5.41) is 4.15. The van der Waals surface area contributed by atoms with Gasteiger partial charge in [-0.05, 0) is 24.6 Å². The Kier molecular flexibility index (Phi) is 7.21. The van der Waals surface area contributed by atoms with Crippen molar-refractivity contribution in [3.8, 4) is 0 Å². The van der Waals surface area contributed by atoms with Crippen LogP contribution in [0.2, 0.25) is 5.02 Å². The monoisotopic (exact) mass is 257 g/mol. The highest BCUT2D eigenvalue weighted by molar-refractivity contribution is 6.30. The number of ether oxygens (including phenoxy) is 2. The molecular formula is C13H20ClNO2. The van der Waals surface area contributed by atoms with Gasteiger partial charge < -0.3 is 14.8 Å². The number of hydrogen-bond donors (Lipinski definition) is 1. The maximum absolute atomic E-state index is 5.84. The number of halogens is 1. The van der Waals surface area contributed by atoms with Crippen LogP contribution in [0.15, 0.2) is 24.3 Å². The molecule has 1 N–H and O–H groups in total. The van der Waals surface area contributed by atoms with Gasteiger partial charge in [-0.15, -0.1) is 0 Å². The van der Waals surface area contributed by atoms with E-state index in [9.17, 15) is 0 Å². The zero-order valence-corrected chi connectivity index (χ0v) is 11.2. The number of methoxy groups -OCH3 is 1. The van der Waals surface area contributed by atoms with Crippen LogP contribution < -0.4 is 5.32 Å². The van der Waals surface area contributed by atoms with E-state index in [1.165, 1.54) is 5.56 Å². The Morgan fingerprint density at radius 2 is 1.88 bits per heavy atom. The van der Waals surface area contributed by atoms with Crippen molar-refractivity contribution < 1.29 is 9.47 Å². The van der Waals surface area contributed by atoms with E-state index in [4.69, 9.17) is 21.1 Å². The van der Waals surface area contributed by atoms with Gasteiger partial charge in [-0.1, -0.05) is 23.7 Å². The predicted octanol–water partition coefficient (Wildman–Crippen LogP) is 2.65. The van der Waals surface area contributed by atoms with Gasteiger partial charge in [-0.25, -0.2) is 0 Å². The first kappa shape index (κ1) is 14.5. The van der Waals surface area contributed by atoms with E-state index in [1.807, 2.05) is 24.3 Å². The van der Waals surface area contributed by atoms with E-state index in [0.717, 1.165) is 11.6 Å². The average molecular weight is 258 g/mol.